The molecule has 1 fully saturated rings. The van der Waals surface area contributed by atoms with Crippen LogP contribution in [-0.2, 0) is 17.8 Å². The first-order valence-electron chi connectivity index (χ1n) is 6.22. The van der Waals surface area contributed by atoms with Crippen molar-refractivity contribution < 1.29 is 9.47 Å². The number of benzene rings is 1. The van der Waals surface area contributed by atoms with E-state index < -0.39 is 0 Å². The summed E-state index contributed by atoms with van der Waals surface area (Å²) in [6.45, 7) is 1.79. The van der Waals surface area contributed by atoms with Gasteiger partial charge in [0.05, 0.1) is 13.7 Å². The molecule has 0 spiro atoms. The molecule has 1 saturated heterocycles. The van der Waals surface area contributed by atoms with Crippen molar-refractivity contribution in [3.63, 3.8) is 0 Å². The maximum Gasteiger partial charge on any atom is 0.122 e. The molecule has 1 heterocycles. The van der Waals surface area contributed by atoms with E-state index in [2.05, 4.69) is 11.4 Å². The molecule has 0 radical (unpaired) electrons. The Labute approximate surface area is 103 Å². The van der Waals surface area contributed by atoms with Gasteiger partial charge >= 0.3 is 0 Å². The van der Waals surface area contributed by atoms with Gasteiger partial charge in [-0.15, -0.1) is 0 Å². The minimum Gasteiger partial charge on any atom is -0.496 e. The molecule has 0 aromatic heterocycles. The highest BCUT2D eigenvalue weighted by Gasteiger charge is 2.18. The fourth-order valence-corrected chi connectivity index (χ4v) is 2.50. The summed E-state index contributed by atoms with van der Waals surface area (Å²) in [6.07, 6.45) is 3.56. The van der Waals surface area contributed by atoms with Crippen LogP contribution in [0.4, 0.5) is 0 Å². The zero-order chi connectivity index (χ0) is 12.1. The molecule has 0 amide bonds. The van der Waals surface area contributed by atoms with Crippen LogP contribution in [0.5, 0.6) is 5.75 Å². The van der Waals surface area contributed by atoms with E-state index in [4.69, 9.17) is 9.47 Å². The predicted molar refractivity (Wildman–Crippen MR) is 68.4 cm³/mol. The van der Waals surface area contributed by atoms with E-state index in [-0.39, 0.29) is 0 Å². The van der Waals surface area contributed by atoms with E-state index in [1.807, 2.05) is 12.1 Å². The summed E-state index contributed by atoms with van der Waals surface area (Å²) < 4.78 is 10.7. The molecule has 1 N–H and O–H groups in total. The number of methoxy groups -OCH3 is 2. The van der Waals surface area contributed by atoms with Crippen LogP contribution in [0.3, 0.4) is 0 Å². The van der Waals surface area contributed by atoms with Gasteiger partial charge in [0.1, 0.15) is 5.75 Å². The zero-order valence-electron chi connectivity index (χ0n) is 10.7. The van der Waals surface area contributed by atoms with Crippen LogP contribution in [0.2, 0.25) is 0 Å². The molecule has 94 valence electrons. The number of hydrogen-bond acceptors (Lipinski definition) is 3. The monoisotopic (exact) mass is 235 g/mol. The predicted octanol–water partition coefficient (Wildman–Crippen LogP) is 2.14. The summed E-state index contributed by atoms with van der Waals surface area (Å²) >= 11 is 0. The maximum absolute atomic E-state index is 5.46. The van der Waals surface area contributed by atoms with Gasteiger partial charge in [-0.3, -0.25) is 0 Å². The van der Waals surface area contributed by atoms with Crippen molar-refractivity contribution in [2.24, 2.45) is 0 Å². The molecule has 1 aromatic rings. The number of ether oxygens (including phenoxy) is 2. The molecule has 1 aromatic carbocycles. The topological polar surface area (TPSA) is 30.5 Å². The Morgan fingerprint density at radius 3 is 2.88 bits per heavy atom. The molecule has 2 rings (SSSR count). The lowest BCUT2D eigenvalue weighted by Crippen LogP contribution is -2.24. The van der Waals surface area contributed by atoms with E-state index in [1.165, 1.54) is 24.0 Å². The minimum atomic E-state index is 0.585. The van der Waals surface area contributed by atoms with E-state index >= 15 is 0 Å². The summed E-state index contributed by atoms with van der Waals surface area (Å²) in [5.41, 5.74) is 2.52. The van der Waals surface area contributed by atoms with Gasteiger partial charge < -0.3 is 14.8 Å². The molecule has 0 saturated carbocycles. The van der Waals surface area contributed by atoms with Gasteiger partial charge in [-0.25, -0.2) is 0 Å². The molecule has 1 atom stereocenters. The number of rotatable bonds is 5. The van der Waals surface area contributed by atoms with Crippen LogP contribution in [-0.4, -0.2) is 26.8 Å². The van der Waals surface area contributed by atoms with Gasteiger partial charge in [0.2, 0.25) is 0 Å². The Morgan fingerprint density at radius 1 is 1.35 bits per heavy atom. The zero-order valence-corrected chi connectivity index (χ0v) is 10.7. The summed E-state index contributed by atoms with van der Waals surface area (Å²) in [7, 11) is 3.47. The van der Waals surface area contributed by atoms with E-state index in [0.29, 0.717) is 12.6 Å². The second-order valence-electron chi connectivity index (χ2n) is 4.53. The van der Waals surface area contributed by atoms with Crippen LogP contribution in [0.1, 0.15) is 24.0 Å². The number of nitrogens with one attached hydrogen (secondary N) is 1. The standard InChI is InChI=1S/C14H21NO2/c1-16-10-11-5-3-7-14(17-2)13(11)9-12-6-4-8-15-12/h3,5,7,12,15H,4,6,8-10H2,1-2H3. The lowest BCUT2D eigenvalue weighted by atomic mass is 9.98. The Kier molecular flexibility index (Phi) is 4.40. The lowest BCUT2D eigenvalue weighted by Gasteiger charge is -2.17. The smallest absolute Gasteiger partial charge is 0.122 e. The third-order valence-corrected chi connectivity index (χ3v) is 3.36. The lowest BCUT2D eigenvalue weighted by molar-refractivity contribution is 0.183. The quantitative estimate of drug-likeness (QED) is 0.848. The van der Waals surface area contributed by atoms with Crippen LogP contribution in [0, 0.1) is 0 Å². The molecular formula is C14H21NO2. The largest absolute Gasteiger partial charge is 0.496 e. The first kappa shape index (κ1) is 12.4. The van der Waals surface area contributed by atoms with Crippen molar-refractivity contribution in [1.29, 1.82) is 0 Å². The first-order chi connectivity index (χ1) is 8.35. The molecule has 1 aliphatic rings. The molecule has 3 heteroatoms. The highest BCUT2D eigenvalue weighted by Crippen LogP contribution is 2.26. The Balaban J connectivity index is 2.20. The third kappa shape index (κ3) is 2.99. The second kappa shape index (κ2) is 6.03. The summed E-state index contributed by atoms with van der Waals surface area (Å²) in [5, 5.41) is 3.53. The highest BCUT2D eigenvalue weighted by atomic mass is 16.5. The van der Waals surface area contributed by atoms with Gasteiger partial charge in [0.15, 0.2) is 0 Å². The van der Waals surface area contributed by atoms with Crippen molar-refractivity contribution >= 4 is 0 Å². The van der Waals surface area contributed by atoms with Gasteiger partial charge in [-0.1, -0.05) is 12.1 Å². The Hall–Kier alpha value is -1.06. The normalized spacial score (nSPS) is 19.5. The number of hydrogen-bond donors (Lipinski definition) is 1. The SMILES string of the molecule is COCc1cccc(OC)c1CC1CCCN1. The van der Waals surface area contributed by atoms with Crippen LogP contribution in [0.15, 0.2) is 18.2 Å². The van der Waals surface area contributed by atoms with Crippen LogP contribution in [0.25, 0.3) is 0 Å². The van der Waals surface area contributed by atoms with E-state index in [9.17, 15) is 0 Å². The van der Waals surface area contributed by atoms with Crippen LogP contribution >= 0.6 is 0 Å². The molecular weight excluding hydrogens is 214 g/mol. The highest BCUT2D eigenvalue weighted by molar-refractivity contribution is 5.40. The van der Waals surface area contributed by atoms with E-state index in [1.54, 1.807) is 14.2 Å². The van der Waals surface area contributed by atoms with Gasteiger partial charge in [-0.05, 0) is 37.4 Å². The Morgan fingerprint density at radius 2 is 2.24 bits per heavy atom. The minimum absolute atomic E-state index is 0.585. The van der Waals surface area contributed by atoms with Crippen molar-refractivity contribution in [2.45, 2.75) is 31.9 Å². The summed E-state index contributed by atoms with van der Waals surface area (Å²) in [5.74, 6) is 0.980. The summed E-state index contributed by atoms with van der Waals surface area (Å²) in [6, 6.07) is 6.76. The van der Waals surface area contributed by atoms with Crippen molar-refractivity contribution in [1.82, 2.24) is 5.32 Å². The molecule has 3 nitrogen and oxygen atoms in total. The molecule has 17 heavy (non-hydrogen) atoms. The van der Waals surface area contributed by atoms with E-state index in [0.717, 1.165) is 18.7 Å². The molecule has 1 aliphatic heterocycles. The molecule has 0 bridgehead atoms. The van der Waals surface area contributed by atoms with Gasteiger partial charge in [0, 0.05) is 18.7 Å². The van der Waals surface area contributed by atoms with Gasteiger partial charge in [-0.2, -0.15) is 0 Å². The average Bonchev–Trinajstić information content (AvgIpc) is 2.84. The van der Waals surface area contributed by atoms with Crippen molar-refractivity contribution in [2.75, 3.05) is 20.8 Å². The first-order valence-corrected chi connectivity index (χ1v) is 6.22. The fourth-order valence-electron chi connectivity index (χ4n) is 2.50. The Bertz CT molecular complexity index is 359. The second-order valence-corrected chi connectivity index (χ2v) is 4.53. The fraction of sp³-hybridized carbons (Fsp3) is 0.571. The third-order valence-electron chi connectivity index (χ3n) is 3.36. The van der Waals surface area contributed by atoms with Crippen molar-refractivity contribution in [3.8, 4) is 5.75 Å². The molecule has 1 unspecified atom stereocenters. The van der Waals surface area contributed by atoms with Crippen LogP contribution < -0.4 is 10.1 Å². The maximum atomic E-state index is 5.46. The average molecular weight is 235 g/mol. The molecule has 0 aliphatic carbocycles. The summed E-state index contributed by atoms with van der Waals surface area (Å²) in [4.78, 5) is 0. The van der Waals surface area contributed by atoms with Gasteiger partial charge in [0.25, 0.3) is 0 Å². The van der Waals surface area contributed by atoms with Crippen molar-refractivity contribution in [3.05, 3.63) is 29.3 Å².